The average Bonchev–Trinajstić information content (AvgIpc) is 2.32. The van der Waals surface area contributed by atoms with E-state index in [0.29, 0.717) is 5.41 Å². The summed E-state index contributed by atoms with van der Waals surface area (Å²) in [5.74, 6) is -0.493. The second-order valence-electron chi connectivity index (χ2n) is 3.75. The molecule has 18 heavy (non-hydrogen) atoms. The molecular weight excluding hydrogens is 460 g/mol. The number of carbonyl (C=O) groups is 1. The molecule has 1 aliphatic rings. The minimum Gasteiger partial charge on any atom is -0.527 e. The van der Waals surface area contributed by atoms with Crippen molar-refractivity contribution in [3.63, 3.8) is 0 Å². The van der Waals surface area contributed by atoms with Gasteiger partial charge in [-0.3, -0.25) is 0 Å². The van der Waals surface area contributed by atoms with Crippen LogP contribution >= 0.6 is 0 Å². The van der Waals surface area contributed by atoms with Gasteiger partial charge >= 0.3 is 37.1 Å². The Balaban J connectivity index is 0. The number of rotatable bonds is 6. The van der Waals surface area contributed by atoms with Crippen LogP contribution in [0.25, 0.3) is 0 Å². The fourth-order valence-electron chi connectivity index (χ4n) is 0.907. The van der Waals surface area contributed by atoms with Gasteiger partial charge in [0.1, 0.15) is 6.61 Å². The maximum atomic E-state index is 10.3. The summed E-state index contributed by atoms with van der Waals surface area (Å²) in [7, 11) is 0. The van der Waals surface area contributed by atoms with E-state index in [1.807, 2.05) is 0 Å². The van der Waals surface area contributed by atoms with Gasteiger partial charge in [0, 0.05) is 25.8 Å². The van der Waals surface area contributed by atoms with Crippen molar-refractivity contribution in [1.82, 2.24) is 5.32 Å². The van der Waals surface area contributed by atoms with Crippen molar-refractivity contribution in [2.75, 3.05) is 26.4 Å². The molecule has 0 radical (unpaired) electrons. The van der Waals surface area contributed by atoms with Gasteiger partial charge in [-0.25, -0.2) is 4.79 Å². The average molecular weight is 479 g/mol. The number of ether oxygens (including phenoxy) is 2. The molecule has 5 nitrogen and oxygen atoms in total. The molecule has 1 N–H and O–H groups in total. The fourth-order valence-corrected chi connectivity index (χ4v) is 0.907. The number of hydrogen-bond donors (Lipinski definition) is 1. The molecular formula is C12H19NO4U. The van der Waals surface area contributed by atoms with Crippen LogP contribution in [0.4, 0.5) is 0 Å². The Morgan fingerprint density at radius 1 is 1.67 bits per heavy atom. The summed E-state index contributed by atoms with van der Waals surface area (Å²) >= 11 is 0. The molecule has 0 atom stereocenters. The Morgan fingerprint density at radius 3 is 2.56 bits per heavy atom. The number of hydrogen-bond acceptors (Lipinski definition) is 4. The van der Waals surface area contributed by atoms with Gasteiger partial charge in [-0.15, -0.1) is 5.41 Å². The van der Waals surface area contributed by atoms with Crippen LogP contribution in [0.1, 0.15) is 13.3 Å². The van der Waals surface area contributed by atoms with Gasteiger partial charge in [0.25, 0.3) is 0 Å². The Labute approximate surface area is 132 Å². The van der Waals surface area contributed by atoms with Crippen LogP contribution in [0.15, 0.2) is 12.7 Å². The van der Waals surface area contributed by atoms with Crippen LogP contribution in [0.5, 0.6) is 0 Å². The van der Waals surface area contributed by atoms with E-state index in [1.165, 1.54) is 6.41 Å². The third-order valence-electron chi connectivity index (χ3n) is 2.28. The maximum Gasteiger partial charge on any atom is 2.00 e. The first-order valence-electron chi connectivity index (χ1n) is 5.40. The predicted octanol–water partition coefficient (Wildman–Crippen LogP) is 0.619. The quantitative estimate of drug-likeness (QED) is 0.200. The molecule has 1 amide bonds. The number of carbonyl (C=O) groups excluding carboxylic acids is 2. The molecule has 6 heteroatoms. The summed E-state index contributed by atoms with van der Waals surface area (Å²) in [6.07, 6.45) is 3.65. The minimum absolute atomic E-state index is 0. The predicted molar refractivity (Wildman–Crippen MR) is 63.8 cm³/mol. The van der Waals surface area contributed by atoms with Gasteiger partial charge in [-0.2, -0.15) is 6.41 Å². The Bertz CT molecular complexity index is 249. The van der Waals surface area contributed by atoms with Crippen molar-refractivity contribution in [3.8, 4) is 0 Å². The molecule has 0 bridgehead atoms. The van der Waals surface area contributed by atoms with Gasteiger partial charge in [0.05, 0.1) is 0 Å². The van der Waals surface area contributed by atoms with E-state index in [1.54, 1.807) is 0 Å². The van der Waals surface area contributed by atoms with Gasteiger partial charge in [-0.05, 0) is 0 Å². The van der Waals surface area contributed by atoms with Gasteiger partial charge in [0.2, 0.25) is 0 Å². The largest absolute Gasteiger partial charge is 2.00 e. The van der Waals surface area contributed by atoms with Gasteiger partial charge in [-0.1, -0.05) is 19.9 Å². The first kappa shape index (κ1) is 20.0. The van der Waals surface area contributed by atoms with E-state index >= 15 is 0 Å². The Hall–Kier alpha value is -0.308. The Kier molecular flexibility index (Phi) is 13.1. The van der Waals surface area contributed by atoms with E-state index in [0.717, 1.165) is 25.7 Å². The normalized spacial score (nSPS) is 14.8. The fraction of sp³-hybridized carbons (Fsp3) is 0.583. The van der Waals surface area contributed by atoms with Gasteiger partial charge in [0.15, 0.2) is 0 Å². The summed E-state index contributed by atoms with van der Waals surface area (Å²) < 4.78 is 9.46. The van der Waals surface area contributed by atoms with Crippen molar-refractivity contribution in [1.29, 1.82) is 0 Å². The maximum absolute atomic E-state index is 10.3. The summed E-state index contributed by atoms with van der Waals surface area (Å²) in [4.78, 5) is 19.8. The summed E-state index contributed by atoms with van der Waals surface area (Å²) in [5.41, 5.74) is 0.292. The van der Waals surface area contributed by atoms with Crippen LogP contribution in [0.3, 0.4) is 0 Å². The van der Waals surface area contributed by atoms with Crippen LogP contribution < -0.4 is 5.32 Å². The Morgan fingerprint density at radius 2 is 2.28 bits per heavy atom. The zero-order chi connectivity index (χ0) is 13.1. The molecule has 1 saturated heterocycles. The smallest absolute Gasteiger partial charge is 0.527 e. The van der Waals surface area contributed by atoms with Crippen molar-refractivity contribution < 1.29 is 50.2 Å². The van der Waals surface area contributed by atoms with E-state index in [9.17, 15) is 9.59 Å². The minimum atomic E-state index is -0.493. The number of nitrogens with one attached hydrogen (secondary N) is 1. The van der Waals surface area contributed by atoms with E-state index in [-0.39, 0.29) is 44.3 Å². The molecule has 0 spiro atoms. The molecule has 0 aromatic rings. The molecule has 100 valence electrons. The van der Waals surface area contributed by atoms with Crippen molar-refractivity contribution in [3.05, 3.63) is 19.6 Å². The van der Waals surface area contributed by atoms with Crippen LogP contribution in [-0.2, 0) is 19.1 Å². The van der Waals surface area contributed by atoms with E-state index < -0.39 is 5.97 Å². The molecule has 0 aliphatic carbocycles. The van der Waals surface area contributed by atoms with Crippen LogP contribution in [-0.4, -0.2) is 38.7 Å². The summed E-state index contributed by atoms with van der Waals surface area (Å²) in [5, 5.41) is 2.21. The summed E-state index contributed by atoms with van der Waals surface area (Å²) in [6.45, 7) is 11.5. The molecule has 1 aliphatic heterocycles. The van der Waals surface area contributed by atoms with Gasteiger partial charge < -0.3 is 26.5 Å². The second-order valence-corrected chi connectivity index (χ2v) is 3.75. The van der Waals surface area contributed by atoms with Crippen molar-refractivity contribution in [2.45, 2.75) is 13.3 Å². The monoisotopic (exact) mass is 479 g/mol. The number of esters is 1. The molecule has 0 saturated carbocycles. The van der Waals surface area contributed by atoms with E-state index in [4.69, 9.17) is 4.74 Å². The molecule has 1 rings (SSSR count). The molecule has 0 aromatic heterocycles. The van der Waals surface area contributed by atoms with E-state index in [2.05, 4.69) is 30.5 Å². The van der Waals surface area contributed by atoms with Crippen LogP contribution in [0.2, 0.25) is 0 Å². The first-order chi connectivity index (χ1) is 8.08. The molecule has 0 unspecified atom stereocenters. The summed E-state index contributed by atoms with van der Waals surface area (Å²) in [6, 6.07) is 0. The second kappa shape index (κ2) is 11.8. The standard InChI is InChI=1S/C6H8NO3.C6H11O.U/c1-2-6(9)10-4-3-7-5-8;1-3-6(2)4-7-5-6;/h2H,1,3-4H2,(H,7,8);2-5H2,1H3;/q2*-1;+2. The van der Waals surface area contributed by atoms with Crippen molar-refractivity contribution in [2.24, 2.45) is 5.41 Å². The first-order valence-corrected chi connectivity index (χ1v) is 5.40. The zero-order valence-corrected chi connectivity index (χ0v) is 14.8. The zero-order valence-electron chi connectivity index (χ0n) is 10.7. The third kappa shape index (κ3) is 9.69. The molecule has 0 aromatic carbocycles. The SMILES string of the molecule is C=CC(=O)OCCN[C-]=O.[CH2-]C1(CC)COC1.[U+2]. The number of amides is 1. The molecule has 1 fully saturated rings. The topological polar surface area (TPSA) is 64.6 Å². The molecule has 1 heterocycles. The van der Waals surface area contributed by atoms with Crippen LogP contribution in [0, 0.1) is 43.5 Å². The third-order valence-corrected chi connectivity index (χ3v) is 2.28. The van der Waals surface area contributed by atoms with Crippen molar-refractivity contribution >= 4 is 12.4 Å².